The Kier molecular flexibility index (Phi) is 8.43. The lowest BCUT2D eigenvalue weighted by atomic mass is 10.1. The van der Waals surface area contributed by atoms with Gasteiger partial charge in [0.2, 0.25) is 0 Å². The zero-order chi connectivity index (χ0) is 30.5. The van der Waals surface area contributed by atoms with E-state index in [1.807, 2.05) is 9.80 Å². The van der Waals surface area contributed by atoms with Crippen molar-refractivity contribution in [2.75, 3.05) is 62.4 Å². The fraction of sp³-hybridized carbons (Fsp3) is 0.267. The van der Waals surface area contributed by atoms with Crippen LogP contribution in [0.3, 0.4) is 0 Å². The number of ether oxygens (including phenoxy) is 2. The number of benzene rings is 2. The third kappa shape index (κ3) is 6.35. The van der Waals surface area contributed by atoms with Crippen molar-refractivity contribution in [3.63, 3.8) is 0 Å². The molecule has 0 unspecified atom stereocenters. The summed E-state index contributed by atoms with van der Waals surface area (Å²) in [5.74, 6) is 1.72. The molecule has 0 bridgehead atoms. The number of nitro groups is 2. The molecule has 0 aliphatic carbocycles. The Hall–Kier alpha value is -5.34. The number of nitrogens with zero attached hydrogens (tertiary/aromatic N) is 6. The van der Waals surface area contributed by atoms with Crippen molar-refractivity contribution in [1.29, 1.82) is 0 Å². The van der Waals surface area contributed by atoms with Crippen LogP contribution in [0.5, 0.6) is 0 Å². The van der Waals surface area contributed by atoms with Crippen LogP contribution in [-0.4, -0.2) is 74.9 Å². The van der Waals surface area contributed by atoms with Gasteiger partial charge < -0.3 is 28.1 Å². The maximum Gasteiger partial charge on any atom is 0.293 e. The molecule has 2 fully saturated rings. The fourth-order valence-corrected chi connectivity index (χ4v) is 5.12. The van der Waals surface area contributed by atoms with Gasteiger partial charge in [0.1, 0.15) is 34.4 Å². The highest BCUT2D eigenvalue weighted by atomic mass is 16.6. The normalized spacial score (nSPS) is 15.8. The van der Waals surface area contributed by atoms with Crippen LogP contribution in [-0.2, 0) is 9.47 Å². The largest absolute Gasteiger partial charge is 0.455 e. The predicted octanol–water partition coefficient (Wildman–Crippen LogP) is 5.15. The molecular weight excluding hydrogens is 572 g/mol. The standard InChI is InChI=1S/C30H28N6O8/c37-35(38)27-17-21(1-5-25(27)33-9-13-41-14-10-33)29-7-3-23(43-29)19-31-32-20-24-4-8-30(44-24)22-2-6-26(28(18-22)36(39)40)34-11-15-42-16-12-34/h1-8,17-20H,9-16H2. The first-order chi connectivity index (χ1) is 21.5. The molecule has 4 heterocycles. The molecule has 4 aromatic rings. The van der Waals surface area contributed by atoms with Crippen LogP contribution in [0.4, 0.5) is 22.7 Å². The SMILES string of the molecule is O=[N+]([O-])c1cc(-c2ccc(C=NN=Cc3ccc(-c4ccc(N5CCOCC5)c([N+](=O)[O-])c4)o3)o2)ccc1N1CCOCC1. The Morgan fingerprint density at radius 2 is 1.02 bits per heavy atom. The molecule has 2 aromatic heterocycles. The maximum absolute atomic E-state index is 11.8. The maximum atomic E-state index is 11.8. The number of rotatable bonds is 9. The van der Waals surface area contributed by atoms with Crippen molar-refractivity contribution in [3.05, 3.63) is 92.4 Å². The van der Waals surface area contributed by atoms with Crippen molar-refractivity contribution < 1.29 is 28.2 Å². The Morgan fingerprint density at radius 3 is 1.41 bits per heavy atom. The third-order valence-corrected chi connectivity index (χ3v) is 7.31. The van der Waals surface area contributed by atoms with Crippen molar-refractivity contribution >= 4 is 35.2 Å². The molecule has 14 nitrogen and oxygen atoms in total. The molecule has 0 amide bonds. The topological polar surface area (TPSA) is 162 Å². The van der Waals surface area contributed by atoms with E-state index in [-0.39, 0.29) is 11.4 Å². The van der Waals surface area contributed by atoms with Crippen LogP contribution < -0.4 is 9.80 Å². The lowest BCUT2D eigenvalue weighted by molar-refractivity contribution is -0.384. The molecule has 0 radical (unpaired) electrons. The third-order valence-electron chi connectivity index (χ3n) is 7.31. The number of anilines is 2. The van der Waals surface area contributed by atoms with E-state index in [0.29, 0.717) is 98.1 Å². The summed E-state index contributed by atoms with van der Waals surface area (Å²) < 4.78 is 22.4. The van der Waals surface area contributed by atoms with Crippen LogP contribution in [0.1, 0.15) is 11.5 Å². The highest BCUT2D eigenvalue weighted by Gasteiger charge is 2.24. The molecular formula is C30H28N6O8. The van der Waals surface area contributed by atoms with E-state index >= 15 is 0 Å². The van der Waals surface area contributed by atoms with Crippen molar-refractivity contribution in [1.82, 2.24) is 0 Å². The molecule has 2 saturated heterocycles. The number of nitro benzene ring substituents is 2. The first-order valence-electron chi connectivity index (χ1n) is 14.0. The molecule has 2 aromatic carbocycles. The number of hydrogen-bond donors (Lipinski definition) is 0. The monoisotopic (exact) mass is 600 g/mol. The van der Waals surface area contributed by atoms with Gasteiger partial charge in [-0.3, -0.25) is 20.2 Å². The van der Waals surface area contributed by atoms with Gasteiger partial charge in [-0.25, -0.2) is 0 Å². The number of hydrogen-bond acceptors (Lipinski definition) is 12. The molecule has 0 spiro atoms. The van der Waals surface area contributed by atoms with Crippen LogP contribution in [0.25, 0.3) is 22.6 Å². The minimum atomic E-state index is -0.393. The lowest BCUT2D eigenvalue weighted by Gasteiger charge is -2.28. The summed E-state index contributed by atoms with van der Waals surface area (Å²) in [6.45, 7) is 4.46. The molecule has 0 N–H and O–H groups in total. The van der Waals surface area contributed by atoms with Crippen molar-refractivity contribution in [3.8, 4) is 22.6 Å². The van der Waals surface area contributed by atoms with Gasteiger partial charge in [-0.2, -0.15) is 10.2 Å². The number of furan rings is 2. The molecule has 6 rings (SSSR count). The molecule has 2 aliphatic heterocycles. The summed E-state index contributed by atoms with van der Waals surface area (Å²) in [6, 6.07) is 16.8. The average Bonchev–Trinajstić information content (AvgIpc) is 3.74. The summed E-state index contributed by atoms with van der Waals surface area (Å²) in [7, 11) is 0. The Balaban J connectivity index is 1.12. The van der Waals surface area contributed by atoms with E-state index < -0.39 is 9.85 Å². The first kappa shape index (κ1) is 28.8. The number of morpholine rings is 2. The molecule has 0 atom stereocenters. The second kappa shape index (κ2) is 12.9. The highest BCUT2D eigenvalue weighted by Crippen LogP contribution is 2.35. The molecule has 2 aliphatic rings. The van der Waals surface area contributed by atoms with Gasteiger partial charge in [0.05, 0.1) is 48.7 Å². The van der Waals surface area contributed by atoms with E-state index in [1.54, 1.807) is 48.5 Å². The summed E-state index contributed by atoms with van der Waals surface area (Å²) in [6.07, 6.45) is 2.82. The highest BCUT2D eigenvalue weighted by molar-refractivity contribution is 5.81. The average molecular weight is 601 g/mol. The summed E-state index contributed by atoms with van der Waals surface area (Å²) in [4.78, 5) is 26.7. The van der Waals surface area contributed by atoms with E-state index in [0.717, 1.165) is 0 Å². The lowest BCUT2D eigenvalue weighted by Crippen LogP contribution is -2.36. The van der Waals surface area contributed by atoms with Gasteiger partial charge in [-0.15, -0.1) is 0 Å². The second-order valence-corrected chi connectivity index (χ2v) is 10.0. The van der Waals surface area contributed by atoms with Gasteiger partial charge in [-0.05, 0) is 48.5 Å². The van der Waals surface area contributed by atoms with Crippen LogP contribution >= 0.6 is 0 Å². The second-order valence-electron chi connectivity index (χ2n) is 10.0. The Morgan fingerprint density at radius 1 is 0.614 bits per heavy atom. The van der Waals surface area contributed by atoms with Crippen molar-refractivity contribution in [2.24, 2.45) is 10.2 Å². The fourth-order valence-electron chi connectivity index (χ4n) is 5.12. The first-order valence-corrected chi connectivity index (χ1v) is 14.0. The van der Waals surface area contributed by atoms with E-state index in [2.05, 4.69) is 10.2 Å². The van der Waals surface area contributed by atoms with Gasteiger partial charge in [0.15, 0.2) is 0 Å². The van der Waals surface area contributed by atoms with Crippen LogP contribution in [0, 0.1) is 20.2 Å². The quantitative estimate of drug-likeness (QED) is 0.143. The van der Waals surface area contributed by atoms with Gasteiger partial charge >= 0.3 is 0 Å². The minimum absolute atomic E-state index is 0.00100. The summed E-state index contributed by atoms with van der Waals surface area (Å²) in [5.41, 5.74) is 2.24. The predicted molar refractivity (Wildman–Crippen MR) is 163 cm³/mol. The van der Waals surface area contributed by atoms with Gasteiger partial charge in [0, 0.05) is 49.4 Å². The van der Waals surface area contributed by atoms with Gasteiger partial charge in [-0.1, -0.05) is 0 Å². The van der Waals surface area contributed by atoms with Crippen LogP contribution in [0.15, 0.2) is 79.7 Å². The molecule has 44 heavy (non-hydrogen) atoms. The van der Waals surface area contributed by atoms with E-state index in [1.165, 1.54) is 24.6 Å². The zero-order valence-corrected chi connectivity index (χ0v) is 23.5. The Labute approximate surface area is 251 Å². The van der Waals surface area contributed by atoms with Gasteiger partial charge in [0.25, 0.3) is 11.4 Å². The zero-order valence-electron chi connectivity index (χ0n) is 23.5. The Bertz CT molecular complexity index is 1590. The van der Waals surface area contributed by atoms with Crippen LogP contribution in [0.2, 0.25) is 0 Å². The van der Waals surface area contributed by atoms with E-state index in [4.69, 9.17) is 18.3 Å². The smallest absolute Gasteiger partial charge is 0.293 e. The molecule has 226 valence electrons. The van der Waals surface area contributed by atoms with Crippen molar-refractivity contribution in [2.45, 2.75) is 0 Å². The molecule has 14 heteroatoms. The van der Waals surface area contributed by atoms with E-state index in [9.17, 15) is 20.2 Å². The molecule has 0 saturated carbocycles. The minimum Gasteiger partial charge on any atom is -0.455 e. The summed E-state index contributed by atoms with van der Waals surface area (Å²) >= 11 is 0. The summed E-state index contributed by atoms with van der Waals surface area (Å²) in [5, 5.41) is 31.6.